The number of anilines is 3. The SMILES string of the molecule is CC(C)N1CCN(CCCNC(=O)Nc2nc3ccc(N(C)c4ccc(Cl)cc4F)nc3s2)CC1. The van der Waals surface area contributed by atoms with Gasteiger partial charge in [0.25, 0.3) is 0 Å². The number of halogens is 2. The molecule has 8 nitrogen and oxygen atoms in total. The van der Waals surface area contributed by atoms with Crippen LogP contribution in [-0.4, -0.2) is 78.2 Å². The van der Waals surface area contributed by atoms with Gasteiger partial charge >= 0.3 is 6.03 Å². The van der Waals surface area contributed by atoms with Crippen molar-refractivity contribution in [3.05, 3.63) is 41.2 Å². The molecule has 11 heteroatoms. The number of thiazole rings is 1. The van der Waals surface area contributed by atoms with Gasteiger partial charge in [-0.25, -0.2) is 19.2 Å². The van der Waals surface area contributed by atoms with E-state index in [4.69, 9.17) is 11.6 Å². The van der Waals surface area contributed by atoms with E-state index in [-0.39, 0.29) is 6.03 Å². The van der Waals surface area contributed by atoms with Crippen LogP contribution in [0.15, 0.2) is 30.3 Å². The lowest BCUT2D eigenvalue weighted by Crippen LogP contribution is -2.49. The van der Waals surface area contributed by atoms with Crippen molar-refractivity contribution in [2.45, 2.75) is 26.3 Å². The quantitative estimate of drug-likeness (QED) is 0.417. The average molecular weight is 520 g/mol. The molecular formula is C24H31ClFN7OS. The molecule has 4 rings (SSSR count). The summed E-state index contributed by atoms with van der Waals surface area (Å²) in [6, 6.07) is 8.40. The highest BCUT2D eigenvalue weighted by Gasteiger charge is 2.18. The Hall–Kier alpha value is -2.53. The molecule has 35 heavy (non-hydrogen) atoms. The Balaban J connectivity index is 1.27. The van der Waals surface area contributed by atoms with E-state index in [1.807, 2.05) is 0 Å². The molecule has 0 unspecified atom stereocenters. The number of nitrogens with zero attached hydrogens (tertiary/aromatic N) is 5. The van der Waals surface area contributed by atoms with E-state index in [1.54, 1.807) is 36.2 Å². The largest absolute Gasteiger partial charge is 0.338 e. The summed E-state index contributed by atoms with van der Waals surface area (Å²) in [5, 5.41) is 6.50. The van der Waals surface area contributed by atoms with Crippen LogP contribution in [0.25, 0.3) is 10.3 Å². The summed E-state index contributed by atoms with van der Waals surface area (Å²) in [7, 11) is 1.73. The first-order valence-electron chi connectivity index (χ1n) is 11.8. The summed E-state index contributed by atoms with van der Waals surface area (Å²) in [6.45, 7) is 10.4. The number of fused-ring (bicyclic) bond motifs is 1. The van der Waals surface area contributed by atoms with Gasteiger partial charge in [-0.2, -0.15) is 0 Å². The first-order chi connectivity index (χ1) is 16.8. The Kier molecular flexibility index (Phi) is 8.38. The fraction of sp³-hybridized carbons (Fsp3) is 0.458. The monoisotopic (exact) mass is 519 g/mol. The number of carbonyl (C=O) groups is 1. The van der Waals surface area contributed by atoms with Crippen molar-refractivity contribution in [2.75, 3.05) is 56.5 Å². The minimum absolute atomic E-state index is 0.283. The lowest BCUT2D eigenvalue weighted by Gasteiger charge is -2.36. The minimum Gasteiger partial charge on any atom is -0.338 e. The van der Waals surface area contributed by atoms with Gasteiger partial charge in [-0.1, -0.05) is 22.9 Å². The van der Waals surface area contributed by atoms with Gasteiger partial charge in [0.05, 0.1) is 5.69 Å². The number of aromatic nitrogens is 2. The van der Waals surface area contributed by atoms with Crippen molar-refractivity contribution in [1.82, 2.24) is 25.1 Å². The first-order valence-corrected chi connectivity index (χ1v) is 13.0. The van der Waals surface area contributed by atoms with Crippen molar-refractivity contribution in [1.29, 1.82) is 0 Å². The molecule has 3 heterocycles. The number of benzene rings is 1. The van der Waals surface area contributed by atoms with E-state index in [9.17, 15) is 9.18 Å². The van der Waals surface area contributed by atoms with Crippen molar-refractivity contribution in [3.8, 4) is 0 Å². The van der Waals surface area contributed by atoms with Crippen LogP contribution in [0.1, 0.15) is 20.3 Å². The highest BCUT2D eigenvalue weighted by molar-refractivity contribution is 7.22. The van der Waals surface area contributed by atoms with E-state index in [1.165, 1.54) is 17.4 Å². The van der Waals surface area contributed by atoms with Gasteiger partial charge in [-0.3, -0.25) is 10.2 Å². The Morgan fingerprint density at radius 1 is 1.20 bits per heavy atom. The highest BCUT2D eigenvalue weighted by atomic mass is 35.5. The number of nitrogens with one attached hydrogen (secondary N) is 2. The van der Waals surface area contributed by atoms with Crippen molar-refractivity contribution in [3.63, 3.8) is 0 Å². The maximum Gasteiger partial charge on any atom is 0.321 e. The maximum absolute atomic E-state index is 14.3. The molecule has 0 radical (unpaired) electrons. The van der Waals surface area contributed by atoms with Gasteiger partial charge in [-0.05, 0) is 57.1 Å². The van der Waals surface area contributed by atoms with Crippen molar-refractivity contribution >= 4 is 56.0 Å². The van der Waals surface area contributed by atoms with Gasteiger partial charge in [0.15, 0.2) is 5.13 Å². The first kappa shape index (κ1) is 25.6. The number of pyridine rings is 1. The molecule has 1 aliphatic rings. The summed E-state index contributed by atoms with van der Waals surface area (Å²) in [6.07, 6.45) is 0.896. The summed E-state index contributed by atoms with van der Waals surface area (Å²) in [4.78, 5) is 28.6. The molecule has 3 aromatic rings. The third kappa shape index (κ3) is 6.58. The number of urea groups is 1. The molecule has 1 aromatic carbocycles. The van der Waals surface area contributed by atoms with E-state index in [0.29, 0.717) is 44.6 Å². The van der Waals surface area contributed by atoms with Gasteiger partial charge in [0, 0.05) is 50.8 Å². The average Bonchev–Trinajstić information content (AvgIpc) is 3.23. The Labute approximate surface area is 214 Å². The van der Waals surface area contributed by atoms with Crippen LogP contribution >= 0.6 is 22.9 Å². The smallest absolute Gasteiger partial charge is 0.321 e. The van der Waals surface area contributed by atoms with E-state index >= 15 is 0 Å². The molecular weight excluding hydrogens is 489 g/mol. The predicted octanol–water partition coefficient (Wildman–Crippen LogP) is 4.79. The highest BCUT2D eigenvalue weighted by Crippen LogP contribution is 2.30. The van der Waals surface area contributed by atoms with Crippen LogP contribution in [0, 0.1) is 5.82 Å². The second-order valence-corrected chi connectivity index (χ2v) is 10.3. The molecule has 2 aromatic heterocycles. The van der Waals surface area contributed by atoms with Crippen molar-refractivity contribution < 1.29 is 9.18 Å². The predicted molar refractivity (Wildman–Crippen MR) is 142 cm³/mol. The summed E-state index contributed by atoms with van der Waals surface area (Å²) >= 11 is 7.13. The molecule has 2 amide bonds. The van der Waals surface area contributed by atoms with Gasteiger partial charge in [0.1, 0.15) is 22.0 Å². The molecule has 188 valence electrons. The number of piperazine rings is 1. The number of carbonyl (C=O) groups excluding carboxylic acids is 1. The summed E-state index contributed by atoms with van der Waals surface area (Å²) < 4.78 is 14.3. The summed E-state index contributed by atoms with van der Waals surface area (Å²) in [5.41, 5.74) is 1.03. The molecule has 1 aliphatic heterocycles. The second kappa shape index (κ2) is 11.5. The van der Waals surface area contributed by atoms with Crippen LogP contribution in [0.3, 0.4) is 0 Å². The zero-order valence-electron chi connectivity index (χ0n) is 20.2. The zero-order chi connectivity index (χ0) is 24.9. The molecule has 1 fully saturated rings. The Bertz CT molecular complexity index is 1170. The molecule has 0 aliphatic carbocycles. The van der Waals surface area contributed by atoms with Gasteiger partial charge in [-0.15, -0.1) is 0 Å². The van der Waals surface area contributed by atoms with Crippen LogP contribution in [0.2, 0.25) is 5.02 Å². The molecule has 0 atom stereocenters. The van der Waals surface area contributed by atoms with Gasteiger partial charge < -0.3 is 15.1 Å². The lowest BCUT2D eigenvalue weighted by molar-refractivity contribution is 0.108. The molecule has 0 saturated carbocycles. The summed E-state index contributed by atoms with van der Waals surface area (Å²) in [5.74, 6) is 0.135. The van der Waals surface area contributed by atoms with E-state index in [2.05, 4.69) is 44.2 Å². The Morgan fingerprint density at radius 3 is 2.69 bits per heavy atom. The zero-order valence-corrected chi connectivity index (χ0v) is 21.8. The number of amides is 2. The maximum atomic E-state index is 14.3. The third-order valence-corrected chi connectivity index (χ3v) is 7.27. The van der Waals surface area contributed by atoms with Crippen molar-refractivity contribution in [2.24, 2.45) is 0 Å². The molecule has 0 spiro atoms. The molecule has 1 saturated heterocycles. The van der Waals surface area contributed by atoms with E-state index in [0.717, 1.165) is 39.1 Å². The van der Waals surface area contributed by atoms with Crippen LogP contribution < -0.4 is 15.5 Å². The standard InChI is InChI=1S/C24H31ClFN7OS/c1-16(2)33-13-11-32(12-14-33)10-4-9-27-23(34)30-24-28-19-6-8-21(29-22(19)35-24)31(3)20-7-5-17(25)15-18(20)26/h5-8,15-16H,4,9-14H2,1-3H3,(H2,27,28,30,34). The van der Waals surface area contributed by atoms with Crippen LogP contribution in [-0.2, 0) is 0 Å². The third-order valence-electron chi connectivity index (χ3n) is 6.15. The fourth-order valence-corrected chi connectivity index (χ4v) is 5.06. The van der Waals surface area contributed by atoms with E-state index < -0.39 is 5.82 Å². The fourth-order valence-electron chi connectivity index (χ4n) is 4.07. The second-order valence-electron chi connectivity index (χ2n) is 8.87. The minimum atomic E-state index is -0.428. The Morgan fingerprint density at radius 2 is 1.97 bits per heavy atom. The molecule has 2 N–H and O–H groups in total. The normalized spacial score (nSPS) is 15.0. The molecule has 0 bridgehead atoms. The van der Waals surface area contributed by atoms with Crippen LogP contribution in [0.5, 0.6) is 0 Å². The van der Waals surface area contributed by atoms with Gasteiger partial charge in [0.2, 0.25) is 0 Å². The number of hydrogen-bond donors (Lipinski definition) is 2. The number of rotatable bonds is 8. The van der Waals surface area contributed by atoms with Crippen LogP contribution in [0.4, 0.5) is 25.8 Å². The topological polar surface area (TPSA) is 76.6 Å². The number of hydrogen-bond acceptors (Lipinski definition) is 7. The lowest BCUT2D eigenvalue weighted by atomic mass is 10.2.